The molecule has 3 aromatic rings. The average molecular weight is 349 g/mol. The number of benzene rings is 1. The Bertz CT molecular complexity index is 952. The van der Waals surface area contributed by atoms with Gasteiger partial charge in [-0.2, -0.15) is 9.97 Å². The van der Waals surface area contributed by atoms with Crippen molar-refractivity contribution < 1.29 is 4.79 Å². The molecule has 0 unspecified atom stereocenters. The van der Waals surface area contributed by atoms with Crippen LogP contribution in [-0.2, 0) is 4.79 Å². The third-order valence-corrected chi connectivity index (χ3v) is 4.50. The van der Waals surface area contributed by atoms with Crippen LogP contribution >= 0.6 is 0 Å². The van der Waals surface area contributed by atoms with E-state index in [0.717, 1.165) is 11.3 Å². The van der Waals surface area contributed by atoms with Gasteiger partial charge in [-0.05, 0) is 0 Å². The van der Waals surface area contributed by atoms with Crippen molar-refractivity contribution >= 4 is 28.8 Å². The number of nitrogens with zero attached hydrogens (tertiary/aromatic N) is 6. The number of amides is 1. The van der Waals surface area contributed by atoms with Gasteiger partial charge in [0, 0.05) is 38.7 Å². The molecule has 26 heavy (non-hydrogen) atoms. The number of hydrogen-bond acceptors (Lipinski definition) is 7. The van der Waals surface area contributed by atoms with Gasteiger partial charge in [0.05, 0.1) is 11.9 Å². The van der Waals surface area contributed by atoms with Gasteiger partial charge in [0.1, 0.15) is 0 Å². The van der Waals surface area contributed by atoms with E-state index in [9.17, 15) is 4.79 Å². The quantitative estimate of drug-likeness (QED) is 0.745. The summed E-state index contributed by atoms with van der Waals surface area (Å²) in [7, 11) is 0. The van der Waals surface area contributed by atoms with Crippen LogP contribution in [0.3, 0.4) is 0 Å². The van der Waals surface area contributed by atoms with Crippen LogP contribution in [0.2, 0.25) is 0 Å². The number of nitrogens with two attached hydrogens (primary N) is 1. The molecule has 0 atom stereocenters. The molecule has 2 N–H and O–H groups in total. The molecule has 1 aromatic carbocycles. The number of nitrogen functional groups attached to an aromatic ring is 1. The molecule has 3 heterocycles. The summed E-state index contributed by atoms with van der Waals surface area (Å²) in [6, 6.07) is 9.85. The maximum Gasteiger partial charge on any atom is 0.224 e. The molecule has 0 spiro atoms. The number of anilines is 2. The topological polar surface area (TPSA) is 101 Å². The summed E-state index contributed by atoms with van der Waals surface area (Å²) in [5.41, 5.74) is 8.71. The van der Waals surface area contributed by atoms with E-state index in [0.29, 0.717) is 43.2 Å². The molecular weight excluding hydrogens is 330 g/mol. The van der Waals surface area contributed by atoms with Crippen molar-refractivity contribution in [1.29, 1.82) is 0 Å². The van der Waals surface area contributed by atoms with E-state index in [1.165, 1.54) is 0 Å². The van der Waals surface area contributed by atoms with Gasteiger partial charge in [-0.1, -0.05) is 30.3 Å². The minimum absolute atomic E-state index is 0.0860. The summed E-state index contributed by atoms with van der Waals surface area (Å²) in [6.07, 6.45) is 1.70. The molecule has 0 radical (unpaired) electrons. The van der Waals surface area contributed by atoms with E-state index in [-0.39, 0.29) is 11.9 Å². The van der Waals surface area contributed by atoms with E-state index in [1.807, 2.05) is 35.2 Å². The Labute approximate surface area is 150 Å². The highest BCUT2D eigenvalue weighted by atomic mass is 16.2. The van der Waals surface area contributed by atoms with E-state index < -0.39 is 0 Å². The number of hydrogen-bond donors (Lipinski definition) is 1. The number of rotatable bonds is 2. The Morgan fingerprint density at radius 1 is 1.04 bits per heavy atom. The van der Waals surface area contributed by atoms with Crippen LogP contribution in [0.15, 0.2) is 36.5 Å². The predicted octanol–water partition coefficient (Wildman–Crippen LogP) is 1.34. The summed E-state index contributed by atoms with van der Waals surface area (Å²) < 4.78 is 0. The maximum atomic E-state index is 11.5. The maximum absolute atomic E-state index is 11.5. The second-order valence-corrected chi connectivity index (χ2v) is 6.19. The van der Waals surface area contributed by atoms with E-state index in [2.05, 4.69) is 19.9 Å². The Morgan fingerprint density at radius 2 is 1.77 bits per heavy atom. The Hall–Kier alpha value is -3.29. The van der Waals surface area contributed by atoms with Gasteiger partial charge in [-0.15, -0.1) is 0 Å². The van der Waals surface area contributed by atoms with Crippen molar-refractivity contribution in [3.05, 3.63) is 36.5 Å². The molecule has 8 nitrogen and oxygen atoms in total. The standard InChI is InChI=1S/C18H19N7O/c1-12(26)24-7-9-25(10-8-24)17-15-16(22-18(19)23-17)20-11-14(21-15)13-5-3-2-4-6-13/h2-6,11H,7-10H2,1H3,(H2,19,20,22,23). The van der Waals surface area contributed by atoms with Gasteiger partial charge in [0.2, 0.25) is 11.9 Å². The Morgan fingerprint density at radius 3 is 2.46 bits per heavy atom. The first-order valence-electron chi connectivity index (χ1n) is 8.48. The molecule has 4 rings (SSSR count). The van der Waals surface area contributed by atoms with Gasteiger partial charge in [0.15, 0.2) is 17.0 Å². The molecule has 1 aliphatic rings. The highest BCUT2D eigenvalue weighted by Gasteiger charge is 2.23. The molecule has 0 saturated carbocycles. The summed E-state index contributed by atoms with van der Waals surface area (Å²) in [5, 5.41) is 0. The first-order chi connectivity index (χ1) is 12.6. The van der Waals surface area contributed by atoms with Crippen LogP contribution in [0.4, 0.5) is 11.8 Å². The van der Waals surface area contributed by atoms with Crippen LogP contribution in [-0.4, -0.2) is 56.9 Å². The van der Waals surface area contributed by atoms with Gasteiger partial charge < -0.3 is 15.5 Å². The summed E-state index contributed by atoms with van der Waals surface area (Å²) in [6.45, 7) is 4.22. The normalized spacial score (nSPS) is 14.7. The van der Waals surface area contributed by atoms with Gasteiger partial charge >= 0.3 is 0 Å². The molecule has 8 heteroatoms. The Kier molecular flexibility index (Phi) is 4.08. The van der Waals surface area contributed by atoms with Crippen LogP contribution in [0.25, 0.3) is 22.4 Å². The molecule has 1 aliphatic heterocycles. The molecule has 0 aliphatic carbocycles. The van der Waals surface area contributed by atoms with Crippen LogP contribution in [0, 0.1) is 0 Å². The van der Waals surface area contributed by atoms with Crippen LogP contribution in [0.1, 0.15) is 6.92 Å². The molecule has 132 valence electrons. The van der Waals surface area contributed by atoms with Gasteiger partial charge in [-0.25, -0.2) is 9.97 Å². The van der Waals surface area contributed by atoms with Crippen LogP contribution in [0.5, 0.6) is 0 Å². The number of aromatic nitrogens is 4. The third-order valence-electron chi connectivity index (χ3n) is 4.50. The largest absolute Gasteiger partial charge is 0.368 e. The lowest BCUT2D eigenvalue weighted by Gasteiger charge is -2.35. The predicted molar refractivity (Wildman–Crippen MR) is 99.4 cm³/mol. The van der Waals surface area contributed by atoms with E-state index >= 15 is 0 Å². The molecule has 1 saturated heterocycles. The highest BCUT2D eigenvalue weighted by molar-refractivity contribution is 5.86. The lowest BCUT2D eigenvalue weighted by Crippen LogP contribution is -2.48. The lowest BCUT2D eigenvalue weighted by atomic mass is 10.1. The average Bonchev–Trinajstić information content (AvgIpc) is 2.68. The molecule has 1 fully saturated rings. The fraction of sp³-hybridized carbons (Fsp3) is 0.278. The number of fused-ring (bicyclic) bond motifs is 1. The Balaban J connectivity index is 1.75. The minimum atomic E-state index is 0.0860. The van der Waals surface area contributed by atoms with Crippen molar-refractivity contribution in [3.8, 4) is 11.3 Å². The highest BCUT2D eigenvalue weighted by Crippen LogP contribution is 2.26. The summed E-state index contributed by atoms with van der Waals surface area (Å²) in [4.78, 5) is 33.3. The van der Waals surface area contributed by atoms with Crippen LogP contribution < -0.4 is 10.6 Å². The van der Waals surface area contributed by atoms with Gasteiger partial charge in [0.25, 0.3) is 0 Å². The second-order valence-electron chi connectivity index (χ2n) is 6.19. The second kappa shape index (κ2) is 6.55. The van der Waals surface area contributed by atoms with Crippen molar-refractivity contribution in [2.24, 2.45) is 0 Å². The van der Waals surface area contributed by atoms with E-state index in [1.54, 1.807) is 13.1 Å². The summed E-state index contributed by atoms with van der Waals surface area (Å²) >= 11 is 0. The van der Waals surface area contributed by atoms with Crippen molar-refractivity contribution in [2.75, 3.05) is 36.8 Å². The van der Waals surface area contributed by atoms with Gasteiger partial charge in [-0.3, -0.25) is 4.79 Å². The fourth-order valence-corrected chi connectivity index (χ4v) is 3.11. The van der Waals surface area contributed by atoms with Crippen molar-refractivity contribution in [1.82, 2.24) is 24.8 Å². The zero-order valence-electron chi connectivity index (χ0n) is 14.5. The third kappa shape index (κ3) is 3.01. The molecule has 1 amide bonds. The molecule has 2 aromatic heterocycles. The minimum Gasteiger partial charge on any atom is -0.368 e. The van der Waals surface area contributed by atoms with E-state index in [4.69, 9.17) is 10.7 Å². The van der Waals surface area contributed by atoms with Crippen molar-refractivity contribution in [2.45, 2.75) is 6.92 Å². The molecule has 0 bridgehead atoms. The fourth-order valence-electron chi connectivity index (χ4n) is 3.11. The monoisotopic (exact) mass is 349 g/mol. The number of carbonyl (C=O) groups excluding carboxylic acids is 1. The first-order valence-corrected chi connectivity index (χ1v) is 8.48. The number of carbonyl (C=O) groups is 1. The molecular formula is C18H19N7O. The zero-order valence-corrected chi connectivity index (χ0v) is 14.5. The number of piperazine rings is 1. The first kappa shape index (κ1) is 16.2. The SMILES string of the molecule is CC(=O)N1CCN(c2nc(N)nc3ncc(-c4ccccc4)nc23)CC1. The summed E-state index contributed by atoms with van der Waals surface area (Å²) in [5.74, 6) is 0.923. The van der Waals surface area contributed by atoms with Crippen molar-refractivity contribution in [3.63, 3.8) is 0 Å². The lowest BCUT2D eigenvalue weighted by molar-refractivity contribution is -0.129. The zero-order chi connectivity index (χ0) is 18.1. The smallest absolute Gasteiger partial charge is 0.224 e.